The number of benzene rings is 1. The fourth-order valence-corrected chi connectivity index (χ4v) is 1.92. The number of aliphatic hydroxyl groups excluding tert-OH is 1. The van der Waals surface area contributed by atoms with Gasteiger partial charge in [0.25, 0.3) is 0 Å². The molecule has 0 aliphatic heterocycles. The van der Waals surface area contributed by atoms with Crippen LogP contribution in [0.15, 0.2) is 34.8 Å². The topological polar surface area (TPSA) is 75.4 Å². The molecule has 2 rings (SSSR count). The SMILES string of the molecule is CC(CO)CCCNC(=O)/C=C/c1nc2ccccc2o1. The van der Waals surface area contributed by atoms with Crippen LogP contribution in [-0.4, -0.2) is 29.1 Å². The first kappa shape index (κ1) is 15.3. The summed E-state index contributed by atoms with van der Waals surface area (Å²) in [4.78, 5) is 15.9. The molecule has 0 aliphatic rings. The van der Waals surface area contributed by atoms with Crippen LogP contribution in [0.1, 0.15) is 25.7 Å². The zero-order chi connectivity index (χ0) is 15.1. The molecule has 1 atom stereocenters. The molecular formula is C16H20N2O3. The summed E-state index contributed by atoms with van der Waals surface area (Å²) >= 11 is 0. The van der Waals surface area contributed by atoms with Crippen LogP contribution in [0.3, 0.4) is 0 Å². The maximum absolute atomic E-state index is 11.6. The average Bonchev–Trinajstić information content (AvgIpc) is 2.92. The van der Waals surface area contributed by atoms with E-state index in [9.17, 15) is 4.79 Å². The van der Waals surface area contributed by atoms with E-state index in [0.29, 0.717) is 18.0 Å². The van der Waals surface area contributed by atoms with Crippen molar-refractivity contribution in [2.75, 3.05) is 13.2 Å². The zero-order valence-electron chi connectivity index (χ0n) is 12.1. The van der Waals surface area contributed by atoms with Crippen molar-refractivity contribution >= 4 is 23.1 Å². The van der Waals surface area contributed by atoms with Crippen molar-refractivity contribution in [2.24, 2.45) is 5.92 Å². The number of oxazole rings is 1. The molecule has 1 unspecified atom stereocenters. The Morgan fingerprint density at radius 3 is 3.05 bits per heavy atom. The normalized spacial score (nSPS) is 12.9. The van der Waals surface area contributed by atoms with E-state index in [4.69, 9.17) is 9.52 Å². The van der Waals surface area contributed by atoms with Crippen LogP contribution in [0.2, 0.25) is 0 Å². The fourth-order valence-electron chi connectivity index (χ4n) is 1.92. The van der Waals surface area contributed by atoms with Crippen molar-refractivity contribution in [3.63, 3.8) is 0 Å². The Bertz CT molecular complexity index is 586. The number of nitrogens with zero attached hydrogens (tertiary/aromatic N) is 1. The van der Waals surface area contributed by atoms with Gasteiger partial charge in [-0.15, -0.1) is 0 Å². The van der Waals surface area contributed by atoms with Gasteiger partial charge in [0, 0.05) is 25.3 Å². The van der Waals surface area contributed by atoms with Gasteiger partial charge in [0.1, 0.15) is 5.52 Å². The third kappa shape index (κ3) is 4.72. The third-order valence-electron chi connectivity index (χ3n) is 3.17. The molecular weight excluding hydrogens is 268 g/mol. The number of carbonyl (C=O) groups excluding carboxylic acids is 1. The highest BCUT2D eigenvalue weighted by molar-refractivity contribution is 5.91. The molecule has 0 saturated carbocycles. The number of nitrogens with one attached hydrogen (secondary N) is 1. The van der Waals surface area contributed by atoms with E-state index in [1.807, 2.05) is 31.2 Å². The van der Waals surface area contributed by atoms with E-state index >= 15 is 0 Å². The molecule has 1 heterocycles. The molecule has 5 nitrogen and oxygen atoms in total. The monoisotopic (exact) mass is 288 g/mol. The lowest BCUT2D eigenvalue weighted by atomic mass is 10.1. The summed E-state index contributed by atoms with van der Waals surface area (Å²) in [5.74, 6) is 0.520. The van der Waals surface area contributed by atoms with Crippen LogP contribution in [0.25, 0.3) is 17.2 Å². The van der Waals surface area contributed by atoms with Crippen LogP contribution in [0.4, 0.5) is 0 Å². The number of para-hydroxylation sites is 2. The van der Waals surface area contributed by atoms with Crippen molar-refractivity contribution in [1.29, 1.82) is 0 Å². The summed E-state index contributed by atoms with van der Waals surface area (Å²) in [6, 6.07) is 7.46. The predicted octanol–water partition coefficient (Wildman–Crippen LogP) is 2.37. The zero-order valence-corrected chi connectivity index (χ0v) is 12.1. The molecule has 0 saturated heterocycles. The van der Waals surface area contributed by atoms with Crippen molar-refractivity contribution < 1.29 is 14.3 Å². The number of rotatable bonds is 7. The fraction of sp³-hybridized carbons (Fsp3) is 0.375. The smallest absolute Gasteiger partial charge is 0.244 e. The maximum Gasteiger partial charge on any atom is 0.244 e. The largest absolute Gasteiger partial charge is 0.437 e. The number of hydrogen-bond donors (Lipinski definition) is 2. The summed E-state index contributed by atoms with van der Waals surface area (Å²) in [6.45, 7) is 2.77. The number of hydrogen-bond acceptors (Lipinski definition) is 4. The van der Waals surface area contributed by atoms with Crippen molar-refractivity contribution in [3.8, 4) is 0 Å². The molecule has 1 aromatic heterocycles. The van der Waals surface area contributed by atoms with E-state index in [1.165, 1.54) is 6.08 Å². The van der Waals surface area contributed by atoms with E-state index in [1.54, 1.807) is 6.08 Å². The standard InChI is InChI=1S/C16H20N2O3/c1-12(11-19)5-4-10-17-15(20)8-9-16-18-13-6-2-3-7-14(13)21-16/h2-3,6-9,12,19H,4-5,10-11H2,1H3,(H,17,20)/b9-8+. The second-order valence-corrected chi connectivity index (χ2v) is 5.07. The van der Waals surface area contributed by atoms with Gasteiger partial charge in [-0.05, 0) is 30.9 Å². The molecule has 1 aromatic carbocycles. The minimum atomic E-state index is -0.172. The average molecular weight is 288 g/mol. The molecule has 21 heavy (non-hydrogen) atoms. The summed E-state index contributed by atoms with van der Waals surface area (Å²) in [5, 5.41) is 11.7. The molecule has 0 aliphatic carbocycles. The van der Waals surface area contributed by atoms with Gasteiger partial charge in [0.2, 0.25) is 11.8 Å². The first-order valence-electron chi connectivity index (χ1n) is 7.11. The highest BCUT2D eigenvalue weighted by atomic mass is 16.3. The Balaban J connectivity index is 1.79. The Morgan fingerprint density at radius 1 is 1.48 bits per heavy atom. The maximum atomic E-state index is 11.6. The highest BCUT2D eigenvalue weighted by Crippen LogP contribution is 2.15. The van der Waals surface area contributed by atoms with Gasteiger partial charge in [-0.25, -0.2) is 4.98 Å². The van der Waals surface area contributed by atoms with Crippen LogP contribution >= 0.6 is 0 Å². The lowest BCUT2D eigenvalue weighted by Gasteiger charge is -2.06. The van der Waals surface area contributed by atoms with Gasteiger partial charge in [0.05, 0.1) is 0 Å². The second kappa shape index (κ2) is 7.59. The molecule has 0 spiro atoms. The van der Waals surface area contributed by atoms with Crippen molar-refractivity contribution in [3.05, 3.63) is 36.2 Å². The lowest BCUT2D eigenvalue weighted by molar-refractivity contribution is -0.116. The van der Waals surface area contributed by atoms with Gasteiger partial charge >= 0.3 is 0 Å². The highest BCUT2D eigenvalue weighted by Gasteiger charge is 2.03. The van der Waals surface area contributed by atoms with Gasteiger partial charge in [0.15, 0.2) is 5.58 Å². The van der Waals surface area contributed by atoms with Gasteiger partial charge in [-0.3, -0.25) is 4.79 Å². The third-order valence-corrected chi connectivity index (χ3v) is 3.17. The first-order chi connectivity index (χ1) is 10.2. The molecule has 2 N–H and O–H groups in total. The summed E-state index contributed by atoms with van der Waals surface area (Å²) in [5.41, 5.74) is 1.48. The Labute approximate surface area is 123 Å². The molecule has 5 heteroatoms. The summed E-state index contributed by atoms with van der Waals surface area (Å²) in [6.07, 6.45) is 4.72. The molecule has 0 bridgehead atoms. The van der Waals surface area contributed by atoms with Crippen molar-refractivity contribution in [2.45, 2.75) is 19.8 Å². The summed E-state index contributed by atoms with van der Waals surface area (Å²) in [7, 11) is 0. The number of carbonyl (C=O) groups is 1. The second-order valence-electron chi connectivity index (χ2n) is 5.07. The van der Waals surface area contributed by atoms with Gasteiger partial charge in [-0.2, -0.15) is 0 Å². The number of amides is 1. The van der Waals surface area contributed by atoms with Crippen LogP contribution in [-0.2, 0) is 4.79 Å². The Hall–Kier alpha value is -2.14. The number of fused-ring (bicyclic) bond motifs is 1. The Kier molecular flexibility index (Phi) is 5.51. The quantitative estimate of drug-likeness (QED) is 0.606. The van der Waals surface area contributed by atoms with E-state index in [-0.39, 0.29) is 18.4 Å². The molecule has 112 valence electrons. The molecule has 1 amide bonds. The number of aliphatic hydroxyl groups is 1. The van der Waals surface area contributed by atoms with E-state index < -0.39 is 0 Å². The van der Waals surface area contributed by atoms with Crippen LogP contribution in [0, 0.1) is 5.92 Å². The predicted molar refractivity (Wildman–Crippen MR) is 81.5 cm³/mol. The van der Waals surface area contributed by atoms with E-state index in [0.717, 1.165) is 18.4 Å². The minimum Gasteiger partial charge on any atom is -0.437 e. The molecule has 0 fully saturated rings. The first-order valence-corrected chi connectivity index (χ1v) is 7.11. The lowest BCUT2D eigenvalue weighted by Crippen LogP contribution is -2.22. The summed E-state index contributed by atoms with van der Waals surface area (Å²) < 4.78 is 5.48. The van der Waals surface area contributed by atoms with Crippen molar-refractivity contribution in [1.82, 2.24) is 10.3 Å². The van der Waals surface area contributed by atoms with Crippen LogP contribution in [0.5, 0.6) is 0 Å². The van der Waals surface area contributed by atoms with Gasteiger partial charge in [-0.1, -0.05) is 19.1 Å². The molecule has 0 radical (unpaired) electrons. The van der Waals surface area contributed by atoms with Crippen LogP contribution < -0.4 is 5.32 Å². The Morgan fingerprint density at radius 2 is 2.29 bits per heavy atom. The number of aromatic nitrogens is 1. The van der Waals surface area contributed by atoms with Gasteiger partial charge < -0.3 is 14.8 Å². The molecule has 2 aromatic rings. The van der Waals surface area contributed by atoms with E-state index in [2.05, 4.69) is 10.3 Å². The minimum absolute atomic E-state index is 0.172.